The second kappa shape index (κ2) is 7.98. The molecule has 0 atom stereocenters. The molecule has 1 amide bonds. The number of ether oxygens (including phenoxy) is 2. The Morgan fingerprint density at radius 1 is 1.18 bits per heavy atom. The van der Waals surface area contributed by atoms with E-state index in [1.165, 1.54) is 11.8 Å². The minimum absolute atomic E-state index is 0.0585. The van der Waals surface area contributed by atoms with Gasteiger partial charge in [0.25, 0.3) is 5.91 Å². The number of para-hydroxylation sites is 1. The Bertz CT molecular complexity index is 988. The summed E-state index contributed by atoms with van der Waals surface area (Å²) < 4.78 is 12.7. The monoisotopic (exact) mass is 395 g/mol. The Balaban J connectivity index is 1.63. The minimum atomic E-state index is -0.0585. The molecule has 28 heavy (non-hydrogen) atoms. The third kappa shape index (κ3) is 3.45. The lowest BCUT2D eigenvalue weighted by Crippen LogP contribution is -2.31. The van der Waals surface area contributed by atoms with Crippen molar-refractivity contribution < 1.29 is 14.3 Å². The highest BCUT2D eigenvalue weighted by atomic mass is 32.2. The van der Waals surface area contributed by atoms with Gasteiger partial charge < -0.3 is 14.4 Å². The largest absolute Gasteiger partial charge is 0.454 e. The number of carbonyl (C=O) groups is 1. The van der Waals surface area contributed by atoms with Crippen LogP contribution in [0.5, 0.6) is 11.5 Å². The van der Waals surface area contributed by atoms with E-state index in [0.717, 1.165) is 27.9 Å². The highest BCUT2D eigenvalue weighted by Gasteiger charge is 2.23. The topological polar surface area (TPSA) is 56.6 Å². The van der Waals surface area contributed by atoms with Crippen LogP contribution in [0.15, 0.2) is 59.9 Å². The van der Waals surface area contributed by atoms with Crippen LogP contribution in [0.2, 0.25) is 0 Å². The summed E-state index contributed by atoms with van der Waals surface area (Å²) in [4.78, 5) is 19.6. The molecule has 2 heterocycles. The van der Waals surface area contributed by atoms with Crippen molar-refractivity contribution in [2.45, 2.75) is 18.6 Å². The minimum Gasteiger partial charge on any atom is -0.454 e. The van der Waals surface area contributed by atoms with E-state index in [-0.39, 0.29) is 12.7 Å². The fourth-order valence-electron chi connectivity index (χ4n) is 3.21. The molecule has 0 spiro atoms. The quantitative estimate of drug-likeness (QED) is 0.591. The van der Waals surface area contributed by atoms with Crippen LogP contribution in [-0.2, 0) is 6.54 Å². The third-order valence-corrected chi connectivity index (χ3v) is 5.28. The zero-order valence-electron chi connectivity index (χ0n) is 15.8. The molecule has 0 radical (unpaired) electrons. The number of benzene rings is 2. The molecule has 0 unspecified atom stereocenters. The zero-order valence-corrected chi connectivity index (χ0v) is 16.6. The van der Waals surface area contributed by atoms with Gasteiger partial charge in [-0.1, -0.05) is 36.0 Å². The molecule has 1 aliphatic heterocycles. The summed E-state index contributed by atoms with van der Waals surface area (Å²) in [5.41, 5.74) is 2.47. The second-order valence-electron chi connectivity index (χ2n) is 6.31. The summed E-state index contributed by atoms with van der Waals surface area (Å²) in [6.07, 6.45) is 3.61. The van der Waals surface area contributed by atoms with Gasteiger partial charge in [0.05, 0.1) is 6.20 Å². The molecule has 0 fully saturated rings. The predicted molar refractivity (Wildman–Crippen MR) is 108 cm³/mol. The first kappa shape index (κ1) is 18.4. The summed E-state index contributed by atoms with van der Waals surface area (Å²) in [5, 5.41) is 0.786. The molecule has 1 aromatic heterocycles. The summed E-state index contributed by atoms with van der Waals surface area (Å²) in [6, 6.07) is 15.6. The lowest BCUT2D eigenvalue weighted by Gasteiger charge is -2.22. The van der Waals surface area contributed by atoms with E-state index < -0.39 is 0 Å². The number of imidazole rings is 1. The molecular weight excluding hydrogens is 374 g/mol. The molecule has 0 saturated carbocycles. The first-order chi connectivity index (χ1) is 13.7. The number of nitrogens with zero attached hydrogens (tertiary/aromatic N) is 3. The van der Waals surface area contributed by atoms with Gasteiger partial charge in [0.2, 0.25) is 6.79 Å². The highest BCUT2D eigenvalue weighted by molar-refractivity contribution is 7.98. The van der Waals surface area contributed by atoms with Crippen molar-refractivity contribution in [1.82, 2.24) is 14.5 Å². The second-order valence-corrected chi connectivity index (χ2v) is 7.08. The Kier molecular flexibility index (Phi) is 5.25. The molecule has 1 aliphatic rings. The number of aromatic nitrogens is 2. The van der Waals surface area contributed by atoms with Crippen LogP contribution in [0, 0.1) is 0 Å². The predicted octanol–water partition coefficient (Wildman–Crippen LogP) is 3.99. The van der Waals surface area contributed by atoms with Crippen molar-refractivity contribution in [3.05, 3.63) is 66.0 Å². The maximum Gasteiger partial charge on any atom is 0.272 e. The van der Waals surface area contributed by atoms with Gasteiger partial charge in [-0.25, -0.2) is 4.98 Å². The van der Waals surface area contributed by atoms with Crippen molar-refractivity contribution in [3.8, 4) is 17.2 Å². The first-order valence-electron chi connectivity index (χ1n) is 9.06. The SMILES string of the molecule is CCN(Cc1ccc2c(c1)OCO2)C(=O)c1cnc(SC)n1-c1ccccc1. The molecule has 144 valence electrons. The third-order valence-electron chi connectivity index (χ3n) is 4.62. The van der Waals surface area contributed by atoms with Crippen molar-refractivity contribution in [1.29, 1.82) is 0 Å². The smallest absolute Gasteiger partial charge is 0.272 e. The van der Waals surface area contributed by atoms with Crippen LogP contribution in [-0.4, -0.2) is 40.0 Å². The molecule has 0 aliphatic carbocycles. The molecule has 2 aromatic carbocycles. The summed E-state index contributed by atoms with van der Waals surface area (Å²) >= 11 is 1.52. The van der Waals surface area contributed by atoms with Gasteiger partial charge in [0, 0.05) is 18.8 Å². The molecule has 4 rings (SSSR count). The fourth-order valence-corrected chi connectivity index (χ4v) is 3.75. The summed E-state index contributed by atoms with van der Waals surface area (Å²) in [6.45, 7) is 3.29. The molecule has 0 bridgehead atoms. The van der Waals surface area contributed by atoms with E-state index in [9.17, 15) is 4.79 Å². The number of hydrogen-bond donors (Lipinski definition) is 0. The van der Waals surface area contributed by atoms with Crippen molar-refractivity contribution >= 4 is 17.7 Å². The zero-order chi connectivity index (χ0) is 19.5. The number of thioether (sulfide) groups is 1. The molecule has 0 N–H and O–H groups in total. The molecule has 6 nitrogen and oxygen atoms in total. The van der Waals surface area contributed by atoms with Crippen molar-refractivity contribution in [2.75, 3.05) is 19.6 Å². The van der Waals surface area contributed by atoms with E-state index in [2.05, 4.69) is 4.98 Å². The standard InChI is InChI=1S/C21H21N3O3S/c1-3-23(13-15-9-10-18-19(11-15)27-14-26-18)20(25)17-12-22-21(28-2)24(17)16-7-5-4-6-8-16/h4-12H,3,13-14H2,1-2H3. The Morgan fingerprint density at radius 3 is 2.71 bits per heavy atom. The summed E-state index contributed by atoms with van der Waals surface area (Å²) in [7, 11) is 0. The van der Waals surface area contributed by atoms with E-state index >= 15 is 0 Å². The first-order valence-corrected chi connectivity index (χ1v) is 10.3. The van der Waals surface area contributed by atoms with Gasteiger partial charge in [-0.05, 0) is 43.0 Å². The molecular formula is C21H21N3O3S. The molecule has 7 heteroatoms. The Hall–Kier alpha value is -2.93. The maximum atomic E-state index is 13.3. The van der Waals surface area contributed by atoms with Crippen LogP contribution in [0.1, 0.15) is 23.0 Å². The number of fused-ring (bicyclic) bond motifs is 1. The van der Waals surface area contributed by atoms with Gasteiger partial charge in [-0.15, -0.1) is 0 Å². The number of rotatable bonds is 6. The number of carbonyl (C=O) groups excluding carboxylic acids is 1. The maximum absolute atomic E-state index is 13.3. The van der Waals surface area contributed by atoms with Gasteiger partial charge in [0.1, 0.15) is 5.69 Å². The number of amides is 1. The summed E-state index contributed by atoms with van der Waals surface area (Å²) in [5.74, 6) is 1.40. The van der Waals surface area contributed by atoms with E-state index in [0.29, 0.717) is 18.8 Å². The van der Waals surface area contributed by atoms with Crippen LogP contribution in [0.25, 0.3) is 5.69 Å². The average molecular weight is 395 g/mol. The lowest BCUT2D eigenvalue weighted by atomic mass is 10.2. The van der Waals surface area contributed by atoms with Gasteiger partial charge in [-0.3, -0.25) is 9.36 Å². The van der Waals surface area contributed by atoms with Crippen LogP contribution < -0.4 is 9.47 Å². The van der Waals surface area contributed by atoms with Gasteiger partial charge in [-0.2, -0.15) is 0 Å². The molecule has 3 aromatic rings. The van der Waals surface area contributed by atoms with E-state index in [1.807, 2.05) is 66.3 Å². The van der Waals surface area contributed by atoms with Crippen LogP contribution >= 0.6 is 11.8 Å². The average Bonchev–Trinajstić information content (AvgIpc) is 3.38. The van der Waals surface area contributed by atoms with Crippen LogP contribution in [0.3, 0.4) is 0 Å². The highest BCUT2D eigenvalue weighted by Crippen LogP contribution is 2.33. The van der Waals surface area contributed by atoms with Gasteiger partial charge >= 0.3 is 0 Å². The van der Waals surface area contributed by atoms with Crippen molar-refractivity contribution in [3.63, 3.8) is 0 Å². The van der Waals surface area contributed by atoms with Crippen LogP contribution in [0.4, 0.5) is 0 Å². The fraction of sp³-hybridized carbons (Fsp3) is 0.238. The lowest BCUT2D eigenvalue weighted by molar-refractivity contribution is 0.0743. The van der Waals surface area contributed by atoms with E-state index in [4.69, 9.17) is 9.47 Å². The Morgan fingerprint density at radius 2 is 1.96 bits per heavy atom. The van der Waals surface area contributed by atoms with E-state index in [1.54, 1.807) is 11.1 Å². The Labute approximate surface area is 168 Å². The normalized spacial score (nSPS) is 12.2. The van der Waals surface area contributed by atoms with Gasteiger partial charge in [0.15, 0.2) is 16.7 Å². The molecule has 0 saturated heterocycles. The van der Waals surface area contributed by atoms with Crippen molar-refractivity contribution in [2.24, 2.45) is 0 Å². The number of hydrogen-bond acceptors (Lipinski definition) is 5.